The van der Waals surface area contributed by atoms with Gasteiger partial charge in [0.2, 0.25) is 5.91 Å². The minimum atomic E-state index is -0.476. The van der Waals surface area contributed by atoms with Crippen molar-refractivity contribution in [2.45, 2.75) is 26.4 Å². The highest BCUT2D eigenvalue weighted by Crippen LogP contribution is 2.17. The minimum absolute atomic E-state index is 0.342. The summed E-state index contributed by atoms with van der Waals surface area (Å²) in [6.07, 6.45) is 0. The molecule has 110 valence electrons. The Bertz CT molecular complexity index is 479. The van der Waals surface area contributed by atoms with Crippen LogP contribution in [0.4, 0.5) is 4.79 Å². The number of nitrogens with zero attached hydrogens (tertiary/aromatic N) is 1. The molecule has 0 saturated heterocycles. The van der Waals surface area contributed by atoms with E-state index in [1.165, 1.54) is 0 Å². The molecule has 0 aliphatic rings. The fourth-order valence-corrected chi connectivity index (χ4v) is 1.85. The summed E-state index contributed by atoms with van der Waals surface area (Å²) < 4.78 is 0. The van der Waals surface area contributed by atoms with Crippen molar-refractivity contribution in [1.82, 2.24) is 15.5 Å². The number of imide groups is 1. The van der Waals surface area contributed by atoms with Gasteiger partial charge in [0, 0.05) is 18.1 Å². The summed E-state index contributed by atoms with van der Waals surface area (Å²) >= 11 is 6.09. The molecule has 1 aromatic carbocycles. The topological polar surface area (TPSA) is 61.4 Å². The van der Waals surface area contributed by atoms with E-state index >= 15 is 0 Å². The SMILES string of the molecule is CCNC(=O)NC(=O)C(C)N(C)Cc1ccccc1Cl. The number of halogens is 1. The van der Waals surface area contributed by atoms with Gasteiger partial charge >= 0.3 is 6.03 Å². The third kappa shape index (κ3) is 4.83. The Kier molecular flexibility index (Phi) is 6.48. The van der Waals surface area contributed by atoms with Gasteiger partial charge < -0.3 is 5.32 Å². The van der Waals surface area contributed by atoms with Crippen molar-refractivity contribution < 1.29 is 9.59 Å². The maximum absolute atomic E-state index is 11.9. The second-order valence-electron chi connectivity index (χ2n) is 4.53. The number of rotatable bonds is 5. The number of nitrogens with one attached hydrogen (secondary N) is 2. The fraction of sp³-hybridized carbons (Fsp3) is 0.429. The lowest BCUT2D eigenvalue weighted by molar-refractivity contribution is -0.124. The van der Waals surface area contributed by atoms with Crippen LogP contribution in [0.1, 0.15) is 19.4 Å². The van der Waals surface area contributed by atoms with E-state index in [1.807, 2.05) is 36.2 Å². The van der Waals surface area contributed by atoms with Gasteiger partial charge in [-0.1, -0.05) is 29.8 Å². The molecule has 3 amide bonds. The average Bonchev–Trinajstić information content (AvgIpc) is 2.40. The predicted molar refractivity (Wildman–Crippen MR) is 79.6 cm³/mol. The molecule has 0 saturated carbocycles. The van der Waals surface area contributed by atoms with Gasteiger partial charge in [0.1, 0.15) is 0 Å². The molecule has 0 bridgehead atoms. The lowest BCUT2D eigenvalue weighted by atomic mass is 10.2. The van der Waals surface area contributed by atoms with Crippen molar-refractivity contribution in [1.29, 1.82) is 0 Å². The first kappa shape index (κ1) is 16.5. The zero-order valence-corrected chi connectivity index (χ0v) is 12.7. The highest BCUT2D eigenvalue weighted by atomic mass is 35.5. The number of carbonyl (C=O) groups is 2. The summed E-state index contributed by atoms with van der Waals surface area (Å²) in [4.78, 5) is 25.0. The number of carbonyl (C=O) groups excluding carboxylic acids is 2. The smallest absolute Gasteiger partial charge is 0.321 e. The van der Waals surface area contributed by atoms with E-state index in [1.54, 1.807) is 13.8 Å². The molecule has 0 aliphatic carbocycles. The number of amides is 3. The van der Waals surface area contributed by atoms with Gasteiger partial charge in [-0.3, -0.25) is 15.0 Å². The summed E-state index contributed by atoms with van der Waals surface area (Å²) in [6, 6.07) is 6.56. The summed E-state index contributed by atoms with van der Waals surface area (Å²) in [6.45, 7) is 4.54. The molecule has 0 aliphatic heterocycles. The minimum Gasteiger partial charge on any atom is -0.338 e. The van der Waals surface area contributed by atoms with Crippen LogP contribution in [-0.2, 0) is 11.3 Å². The standard InChI is InChI=1S/C14H20ClN3O2/c1-4-16-14(20)17-13(19)10(2)18(3)9-11-7-5-6-8-12(11)15/h5-8,10H,4,9H2,1-3H3,(H2,16,17,19,20). The van der Waals surface area contributed by atoms with E-state index in [0.29, 0.717) is 18.1 Å². The highest BCUT2D eigenvalue weighted by molar-refractivity contribution is 6.31. The molecular weight excluding hydrogens is 278 g/mol. The third-order valence-electron chi connectivity index (χ3n) is 2.99. The summed E-state index contributed by atoms with van der Waals surface area (Å²) in [7, 11) is 1.81. The van der Waals surface area contributed by atoms with Crippen LogP contribution in [0.2, 0.25) is 5.02 Å². The molecule has 6 heteroatoms. The van der Waals surface area contributed by atoms with E-state index in [4.69, 9.17) is 11.6 Å². The van der Waals surface area contributed by atoms with E-state index in [-0.39, 0.29) is 5.91 Å². The summed E-state index contributed by atoms with van der Waals surface area (Å²) in [5.74, 6) is -0.342. The molecule has 0 spiro atoms. The van der Waals surface area contributed by atoms with E-state index < -0.39 is 12.1 Å². The van der Waals surface area contributed by atoms with Gasteiger partial charge in [-0.2, -0.15) is 0 Å². The van der Waals surface area contributed by atoms with Gasteiger partial charge in [-0.25, -0.2) is 4.79 Å². The second-order valence-corrected chi connectivity index (χ2v) is 4.94. The van der Waals surface area contributed by atoms with Crippen LogP contribution >= 0.6 is 11.6 Å². The van der Waals surface area contributed by atoms with Crippen LogP contribution in [0.15, 0.2) is 24.3 Å². The first-order chi connectivity index (χ1) is 9.45. The first-order valence-electron chi connectivity index (χ1n) is 6.48. The van der Waals surface area contributed by atoms with Crippen molar-refractivity contribution in [3.8, 4) is 0 Å². The van der Waals surface area contributed by atoms with Crippen LogP contribution in [0.5, 0.6) is 0 Å². The van der Waals surface area contributed by atoms with Crippen LogP contribution < -0.4 is 10.6 Å². The lowest BCUT2D eigenvalue weighted by Gasteiger charge is -2.24. The van der Waals surface area contributed by atoms with E-state index in [9.17, 15) is 9.59 Å². The Morgan fingerprint density at radius 3 is 2.60 bits per heavy atom. The summed E-state index contributed by atoms with van der Waals surface area (Å²) in [5.41, 5.74) is 0.939. The van der Waals surface area contributed by atoms with Crippen molar-refractivity contribution in [2.75, 3.05) is 13.6 Å². The average molecular weight is 298 g/mol. The van der Waals surface area contributed by atoms with Crippen molar-refractivity contribution in [2.24, 2.45) is 0 Å². The zero-order chi connectivity index (χ0) is 15.1. The molecule has 0 fully saturated rings. The molecule has 0 radical (unpaired) electrons. The van der Waals surface area contributed by atoms with Crippen molar-refractivity contribution >= 4 is 23.5 Å². The molecule has 2 N–H and O–H groups in total. The van der Waals surface area contributed by atoms with Crippen LogP contribution in [-0.4, -0.2) is 36.5 Å². The van der Waals surface area contributed by atoms with Crippen LogP contribution in [0.3, 0.4) is 0 Å². The normalized spacial score (nSPS) is 12.1. The van der Waals surface area contributed by atoms with Gasteiger partial charge in [0.25, 0.3) is 0 Å². The van der Waals surface area contributed by atoms with Gasteiger partial charge in [-0.15, -0.1) is 0 Å². The Morgan fingerprint density at radius 1 is 1.35 bits per heavy atom. The van der Waals surface area contributed by atoms with Crippen LogP contribution in [0.25, 0.3) is 0 Å². The van der Waals surface area contributed by atoms with Crippen molar-refractivity contribution in [3.63, 3.8) is 0 Å². The van der Waals surface area contributed by atoms with Crippen LogP contribution in [0, 0.1) is 0 Å². The Balaban J connectivity index is 2.58. The number of likely N-dealkylation sites (N-methyl/N-ethyl adjacent to an activating group) is 1. The molecule has 0 aromatic heterocycles. The van der Waals surface area contributed by atoms with Gasteiger partial charge in [0.05, 0.1) is 6.04 Å². The maximum atomic E-state index is 11.9. The van der Waals surface area contributed by atoms with E-state index in [0.717, 1.165) is 5.56 Å². The highest BCUT2D eigenvalue weighted by Gasteiger charge is 2.20. The third-order valence-corrected chi connectivity index (χ3v) is 3.36. The predicted octanol–water partition coefficient (Wildman–Crippen LogP) is 2.01. The monoisotopic (exact) mass is 297 g/mol. The number of benzene rings is 1. The molecule has 1 atom stereocenters. The molecule has 5 nitrogen and oxygen atoms in total. The number of urea groups is 1. The molecule has 1 rings (SSSR count). The van der Waals surface area contributed by atoms with Crippen molar-refractivity contribution in [3.05, 3.63) is 34.9 Å². The molecular formula is C14H20ClN3O2. The first-order valence-corrected chi connectivity index (χ1v) is 6.85. The Morgan fingerprint density at radius 2 is 2.00 bits per heavy atom. The molecule has 20 heavy (non-hydrogen) atoms. The Labute approximate surface area is 124 Å². The zero-order valence-electron chi connectivity index (χ0n) is 11.9. The largest absolute Gasteiger partial charge is 0.338 e. The number of hydrogen-bond acceptors (Lipinski definition) is 3. The second kappa shape index (κ2) is 7.87. The van der Waals surface area contributed by atoms with Gasteiger partial charge in [0.15, 0.2) is 0 Å². The molecule has 1 aromatic rings. The molecule has 0 heterocycles. The number of hydrogen-bond donors (Lipinski definition) is 2. The Hall–Kier alpha value is -1.59. The quantitative estimate of drug-likeness (QED) is 0.874. The summed E-state index contributed by atoms with van der Waals surface area (Å²) in [5, 5.41) is 5.48. The maximum Gasteiger partial charge on any atom is 0.321 e. The molecule has 1 unspecified atom stereocenters. The van der Waals surface area contributed by atoms with E-state index in [2.05, 4.69) is 10.6 Å². The lowest BCUT2D eigenvalue weighted by Crippen LogP contribution is -2.48. The van der Waals surface area contributed by atoms with Gasteiger partial charge in [-0.05, 0) is 32.5 Å². The fourth-order valence-electron chi connectivity index (χ4n) is 1.65.